The minimum Gasteiger partial charge on any atom is -0.360 e. The van der Waals surface area contributed by atoms with E-state index in [1.165, 1.54) is 0 Å². The molecular weight excluding hydrogens is 342 g/mol. The fourth-order valence-electron chi connectivity index (χ4n) is 3.17. The first kappa shape index (κ1) is 15.8. The lowest BCUT2D eigenvalue weighted by Crippen LogP contribution is -2.29. The molecule has 3 heterocycles. The van der Waals surface area contributed by atoms with E-state index >= 15 is 0 Å². The summed E-state index contributed by atoms with van der Waals surface area (Å²) < 4.78 is 7.10. The van der Waals surface area contributed by atoms with Gasteiger partial charge in [-0.3, -0.25) is 4.79 Å². The third kappa shape index (κ3) is 2.80. The minimum absolute atomic E-state index is 0.101. The largest absolute Gasteiger partial charge is 0.360 e. The van der Waals surface area contributed by atoms with Crippen molar-refractivity contribution >= 4 is 17.5 Å². The van der Waals surface area contributed by atoms with E-state index in [0.29, 0.717) is 40.7 Å². The van der Waals surface area contributed by atoms with Gasteiger partial charge in [-0.15, -0.1) is 5.10 Å². The van der Waals surface area contributed by atoms with Crippen LogP contribution in [0, 0.1) is 6.92 Å². The molecule has 4 rings (SSSR count). The van der Waals surface area contributed by atoms with Gasteiger partial charge in [-0.2, -0.15) is 0 Å². The Morgan fingerprint density at radius 3 is 2.96 bits per heavy atom. The maximum Gasteiger partial charge on any atom is 0.259 e. The smallest absolute Gasteiger partial charge is 0.259 e. The van der Waals surface area contributed by atoms with Gasteiger partial charge in [-0.05, 0) is 19.4 Å². The van der Waals surface area contributed by atoms with Crippen molar-refractivity contribution in [3.63, 3.8) is 0 Å². The molecule has 2 aromatic heterocycles. The Morgan fingerprint density at radius 1 is 1.36 bits per heavy atom. The summed E-state index contributed by atoms with van der Waals surface area (Å²) in [6, 6.07) is 7.43. The van der Waals surface area contributed by atoms with Crippen LogP contribution in [0.2, 0.25) is 5.02 Å². The van der Waals surface area contributed by atoms with E-state index < -0.39 is 0 Å². The second-order valence-corrected chi connectivity index (χ2v) is 6.43. The van der Waals surface area contributed by atoms with Crippen molar-refractivity contribution in [2.75, 3.05) is 13.1 Å². The van der Waals surface area contributed by atoms with Crippen LogP contribution in [-0.2, 0) is 0 Å². The standard InChI is InChI=1S/C17H16ClN5O2/c1-11-15(16(20-25-11)13-4-2-3-5-14(13)18)17(24)22-8-6-12(10-22)23-9-7-19-21-23/h2-5,7,9,12H,6,8,10H2,1H3. The Hall–Kier alpha value is -2.67. The fraction of sp³-hybridized carbons (Fsp3) is 0.294. The Balaban J connectivity index is 1.63. The molecule has 7 nitrogen and oxygen atoms in total. The van der Waals surface area contributed by atoms with Crippen LogP contribution in [0.4, 0.5) is 0 Å². The number of benzene rings is 1. The highest BCUT2D eigenvalue weighted by molar-refractivity contribution is 6.33. The predicted octanol–water partition coefficient (Wildman–Crippen LogP) is 2.98. The molecule has 1 aliphatic heterocycles. The Morgan fingerprint density at radius 2 is 2.20 bits per heavy atom. The van der Waals surface area contributed by atoms with Crippen molar-refractivity contribution in [3.8, 4) is 11.3 Å². The second kappa shape index (κ2) is 6.33. The number of hydrogen-bond donors (Lipinski definition) is 0. The number of aromatic nitrogens is 4. The summed E-state index contributed by atoms with van der Waals surface area (Å²) in [6.45, 7) is 2.97. The maximum atomic E-state index is 13.1. The molecule has 1 unspecified atom stereocenters. The lowest BCUT2D eigenvalue weighted by Gasteiger charge is -2.16. The van der Waals surface area contributed by atoms with E-state index in [4.69, 9.17) is 16.1 Å². The number of halogens is 1. The van der Waals surface area contributed by atoms with Gasteiger partial charge in [0.1, 0.15) is 17.0 Å². The van der Waals surface area contributed by atoms with E-state index in [0.717, 1.165) is 6.42 Å². The summed E-state index contributed by atoms with van der Waals surface area (Å²) >= 11 is 6.27. The molecule has 0 aliphatic carbocycles. The molecule has 1 fully saturated rings. The zero-order valence-electron chi connectivity index (χ0n) is 13.6. The highest BCUT2D eigenvalue weighted by Crippen LogP contribution is 2.33. The molecule has 128 valence electrons. The van der Waals surface area contributed by atoms with Gasteiger partial charge in [0.05, 0.1) is 17.3 Å². The molecule has 3 aromatic rings. The quantitative estimate of drug-likeness (QED) is 0.720. The van der Waals surface area contributed by atoms with E-state index in [9.17, 15) is 4.79 Å². The fourth-order valence-corrected chi connectivity index (χ4v) is 3.40. The predicted molar refractivity (Wildman–Crippen MR) is 91.3 cm³/mol. The van der Waals surface area contributed by atoms with Crippen molar-refractivity contribution < 1.29 is 9.32 Å². The third-order valence-corrected chi connectivity index (χ3v) is 4.80. The summed E-state index contributed by atoms with van der Waals surface area (Å²) in [4.78, 5) is 14.9. The summed E-state index contributed by atoms with van der Waals surface area (Å²) in [5.41, 5.74) is 1.64. The minimum atomic E-state index is -0.101. The van der Waals surface area contributed by atoms with Crippen molar-refractivity contribution in [1.82, 2.24) is 25.1 Å². The van der Waals surface area contributed by atoms with Gasteiger partial charge in [-0.25, -0.2) is 4.68 Å². The van der Waals surface area contributed by atoms with Crippen molar-refractivity contribution in [3.05, 3.63) is 53.0 Å². The molecular formula is C17H16ClN5O2. The first-order chi connectivity index (χ1) is 12.1. The Labute approximate surface area is 149 Å². The molecule has 0 radical (unpaired) electrons. The normalized spacial score (nSPS) is 17.2. The average Bonchev–Trinajstić information content (AvgIpc) is 3.35. The van der Waals surface area contributed by atoms with Crippen LogP contribution >= 0.6 is 11.6 Å². The second-order valence-electron chi connectivity index (χ2n) is 6.02. The number of carbonyl (C=O) groups excluding carboxylic acids is 1. The van der Waals surface area contributed by atoms with Gasteiger partial charge in [0.15, 0.2) is 0 Å². The van der Waals surface area contributed by atoms with Crippen LogP contribution in [0.1, 0.15) is 28.6 Å². The van der Waals surface area contributed by atoms with Gasteiger partial charge >= 0.3 is 0 Å². The number of rotatable bonds is 3. The molecule has 1 atom stereocenters. The van der Waals surface area contributed by atoms with Crippen LogP contribution in [0.5, 0.6) is 0 Å². The van der Waals surface area contributed by atoms with Crippen LogP contribution in [0.15, 0.2) is 41.2 Å². The van der Waals surface area contributed by atoms with Crippen molar-refractivity contribution in [1.29, 1.82) is 0 Å². The highest BCUT2D eigenvalue weighted by atomic mass is 35.5. The van der Waals surface area contributed by atoms with Gasteiger partial charge in [0.25, 0.3) is 5.91 Å². The summed E-state index contributed by atoms with van der Waals surface area (Å²) in [7, 11) is 0. The summed E-state index contributed by atoms with van der Waals surface area (Å²) in [5, 5.41) is 12.5. The topological polar surface area (TPSA) is 77.0 Å². The molecule has 0 spiro atoms. The van der Waals surface area contributed by atoms with Gasteiger partial charge in [0.2, 0.25) is 0 Å². The molecule has 8 heteroatoms. The Bertz CT molecular complexity index is 906. The third-order valence-electron chi connectivity index (χ3n) is 4.47. The number of likely N-dealkylation sites (tertiary alicyclic amines) is 1. The first-order valence-corrected chi connectivity index (χ1v) is 8.39. The van der Waals surface area contributed by atoms with E-state index in [2.05, 4.69) is 15.5 Å². The zero-order chi connectivity index (χ0) is 17.4. The van der Waals surface area contributed by atoms with Crippen LogP contribution in [-0.4, -0.2) is 44.0 Å². The molecule has 1 saturated heterocycles. The SMILES string of the molecule is Cc1onc(-c2ccccc2Cl)c1C(=O)N1CCC(n2ccnn2)C1. The van der Waals surface area contributed by atoms with Gasteiger partial charge < -0.3 is 9.42 Å². The maximum absolute atomic E-state index is 13.1. The van der Waals surface area contributed by atoms with Crippen LogP contribution < -0.4 is 0 Å². The average molecular weight is 358 g/mol. The number of hydrogen-bond acceptors (Lipinski definition) is 5. The number of amides is 1. The monoisotopic (exact) mass is 357 g/mol. The van der Waals surface area contributed by atoms with Crippen molar-refractivity contribution in [2.24, 2.45) is 0 Å². The van der Waals surface area contributed by atoms with Crippen molar-refractivity contribution in [2.45, 2.75) is 19.4 Å². The van der Waals surface area contributed by atoms with Gasteiger partial charge in [-0.1, -0.05) is 40.2 Å². The lowest BCUT2D eigenvalue weighted by atomic mass is 10.1. The van der Waals surface area contributed by atoms with E-state index in [1.807, 2.05) is 24.4 Å². The summed E-state index contributed by atoms with van der Waals surface area (Å²) in [5.74, 6) is 0.389. The van der Waals surface area contributed by atoms with E-state index in [1.54, 1.807) is 28.8 Å². The van der Waals surface area contributed by atoms with E-state index in [-0.39, 0.29) is 11.9 Å². The van der Waals surface area contributed by atoms with Crippen LogP contribution in [0.3, 0.4) is 0 Å². The Kier molecular flexibility index (Phi) is 4.01. The number of aryl methyl sites for hydroxylation is 1. The first-order valence-electron chi connectivity index (χ1n) is 8.01. The molecule has 0 saturated carbocycles. The van der Waals surface area contributed by atoms with Crippen LogP contribution in [0.25, 0.3) is 11.3 Å². The zero-order valence-corrected chi connectivity index (χ0v) is 14.3. The highest BCUT2D eigenvalue weighted by Gasteiger charge is 2.32. The molecule has 0 bridgehead atoms. The molecule has 25 heavy (non-hydrogen) atoms. The van der Waals surface area contributed by atoms with Gasteiger partial charge in [0, 0.05) is 24.8 Å². The number of carbonyl (C=O) groups is 1. The number of nitrogens with zero attached hydrogens (tertiary/aromatic N) is 5. The molecule has 1 aromatic carbocycles. The summed E-state index contributed by atoms with van der Waals surface area (Å²) in [6.07, 6.45) is 4.30. The lowest BCUT2D eigenvalue weighted by molar-refractivity contribution is 0.0786. The molecule has 1 amide bonds. The molecule has 0 N–H and O–H groups in total. The molecule has 1 aliphatic rings.